The van der Waals surface area contributed by atoms with Gasteiger partial charge >= 0.3 is 6.03 Å². The lowest BCUT2D eigenvalue weighted by Crippen LogP contribution is -2.39. The van der Waals surface area contributed by atoms with Crippen LogP contribution < -0.4 is 20.5 Å². The zero-order chi connectivity index (χ0) is 33.3. The van der Waals surface area contributed by atoms with Gasteiger partial charge in [-0.05, 0) is 101 Å². The number of carbonyl (C=O) groups excluding carboxylic acids is 1. The van der Waals surface area contributed by atoms with Crippen molar-refractivity contribution in [2.24, 2.45) is 0 Å². The highest BCUT2D eigenvalue weighted by atomic mass is 16.5. The molecule has 5 aromatic rings. The molecule has 0 aliphatic carbocycles. The fraction of sp³-hybridized carbons (Fsp3) is 0.333. The lowest BCUT2D eigenvalue weighted by molar-refractivity contribution is 0.256. The molecule has 3 heterocycles. The van der Waals surface area contributed by atoms with Gasteiger partial charge in [0.2, 0.25) is 0 Å². The highest BCUT2D eigenvalue weighted by Crippen LogP contribution is 2.38. The van der Waals surface area contributed by atoms with Gasteiger partial charge in [-0.15, -0.1) is 0 Å². The lowest BCUT2D eigenvalue weighted by atomic mass is 9.88. The smallest absolute Gasteiger partial charge is 0.326 e. The summed E-state index contributed by atoms with van der Waals surface area (Å²) in [5.74, 6) is 1.03. The summed E-state index contributed by atoms with van der Waals surface area (Å²) in [5, 5.41) is 4.05. The van der Waals surface area contributed by atoms with Crippen LogP contribution in [-0.4, -0.2) is 27.5 Å². The second-order valence-corrected chi connectivity index (χ2v) is 12.6. The Balaban J connectivity index is 1.49. The molecule has 2 N–H and O–H groups in total. The molecule has 47 heavy (non-hydrogen) atoms. The largest absolute Gasteiger partial charge is 0.489 e. The van der Waals surface area contributed by atoms with Gasteiger partial charge in [-0.25, -0.2) is 9.78 Å². The predicted octanol–water partition coefficient (Wildman–Crippen LogP) is 9.43. The third kappa shape index (κ3) is 8.25. The molecule has 2 amide bonds. The van der Waals surface area contributed by atoms with Crippen molar-refractivity contribution in [3.05, 3.63) is 112 Å². The van der Waals surface area contributed by atoms with Gasteiger partial charge in [0, 0.05) is 36.2 Å². The van der Waals surface area contributed by atoms with E-state index in [4.69, 9.17) is 4.74 Å². The van der Waals surface area contributed by atoms with Gasteiger partial charge in [0.15, 0.2) is 0 Å². The average molecular weight is 632 g/mol. The molecule has 244 valence electrons. The number of rotatable bonds is 13. The van der Waals surface area contributed by atoms with Crippen LogP contribution in [0.3, 0.4) is 0 Å². The summed E-state index contributed by atoms with van der Waals surface area (Å²) in [6, 6.07) is 21.5. The Morgan fingerprint density at radius 1 is 0.872 bits per heavy atom. The Morgan fingerprint density at radius 3 is 2.32 bits per heavy atom. The lowest BCUT2D eigenvalue weighted by Gasteiger charge is -2.27. The molecule has 3 aromatic heterocycles. The molecule has 0 saturated carbocycles. The van der Waals surface area contributed by atoms with Crippen molar-refractivity contribution in [1.82, 2.24) is 15.0 Å². The van der Waals surface area contributed by atoms with E-state index in [-0.39, 0.29) is 23.4 Å². The maximum Gasteiger partial charge on any atom is 0.326 e. The van der Waals surface area contributed by atoms with Crippen LogP contribution in [0.5, 0.6) is 5.75 Å². The number of amides is 2. The minimum atomic E-state index is -0.337. The number of nitrogens with one attached hydrogen (secondary N) is 2. The molecule has 2 aromatic carbocycles. The van der Waals surface area contributed by atoms with E-state index in [2.05, 4.69) is 79.2 Å². The number of fused-ring (bicyclic) bond motifs is 1. The van der Waals surface area contributed by atoms with E-state index in [0.29, 0.717) is 24.5 Å². The molecule has 8 heteroatoms. The van der Waals surface area contributed by atoms with Crippen LogP contribution in [0.25, 0.3) is 22.2 Å². The number of urea groups is 1. The van der Waals surface area contributed by atoms with Gasteiger partial charge in [0.1, 0.15) is 23.7 Å². The van der Waals surface area contributed by atoms with Gasteiger partial charge in [0.25, 0.3) is 5.56 Å². The molecular formula is C39H45N5O3. The summed E-state index contributed by atoms with van der Waals surface area (Å²) < 4.78 is 6.12. The van der Waals surface area contributed by atoms with Crippen molar-refractivity contribution >= 4 is 28.4 Å². The normalized spacial score (nSPS) is 11.3. The number of hydrogen-bond donors (Lipinski definition) is 2. The van der Waals surface area contributed by atoms with E-state index in [0.717, 1.165) is 70.3 Å². The quantitative estimate of drug-likeness (QED) is 0.126. The SMILES string of the molecule is CCCCCCN(C(=O)Nc1c(C(C)C)cc(-c2cccc(OCc3ccncc3)c2)cc1C(C)C)c1cc2cccnc2[nH]c1=O. The van der Waals surface area contributed by atoms with Crippen molar-refractivity contribution in [2.75, 3.05) is 16.8 Å². The zero-order valence-corrected chi connectivity index (χ0v) is 28.0. The number of hydrogen-bond acceptors (Lipinski definition) is 5. The summed E-state index contributed by atoms with van der Waals surface area (Å²) in [7, 11) is 0. The van der Waals surface area contributed by atoms with Crippen LogP contribution >= 0.6 is 0 Å². The first kappa shape index (κ1) is 33.4. The van der Waals surface area contributed by atoms with Crippen LogP contribution in [0.15, 0.2) is 90.1 Å². The molecule has 0 aliphatic rings. The second-order valence-electron chi connectivity index (χ2n) is 12.6. The van der Waals surface area contributed by atoms with Crippen LogP contribution in [-0.2, 0) is 6.61 Å². The summed E-state index contributed by atoms with van der Waals surface area (Å²) in [4.78, 5) is 40.3. The zero-order valence-electron chi connectivity index (χ0n) is 28.0. The molecule has 0 bridgehead atoms. The van der Waals surface area contributed by atoms with E-state index in [9.17, 15) is 9.59 Å². The molecule has 0 aliphatic heterocycles. The summed E-state index contributed by atoms with van der Waals surface area (Å²) in [6.45, 7) is 11.6. The first-order valence-corrected chi connectivity index (χ1v) is 16.6. The maximum absolute atomic E-state index is 14.2. The van der Waals surface area contributed by atoms with Gasteiger partial charge in [-0.2, -0.15) is 0 Å². The Kier molecular flexibility index (Phi) is 11.0. The molecule has 8 nitrogen and oxygen atoms in total. The van der Waals surface area contributed by atoms with Crippen LogP contribution in [0.1, 0.15) is 88.8 Å². The maximum atomic E-state index is 14.2. The number of unbranched alkanes of at least 4 members (excludes halogenated alkanes) is 3. The summed E-state index contributed by atoms with van der Waals surface area (Å²) in [5.41, 5.74) is 6.48. The topological polar surface area (TPSA) is 100 Å². The number of carbonyl (C=O) groups is 1. The fourth-order valence-electron chi connectivity index (χ4n) is 5.75. The molecule has 0 unspecified atom stereocenters. The van der Waals surface area contributed by atoms with E-state index in [1.165, 1.54) is 0 Å². The minimum absolute atomic E-state index is 0.127. The third-order valence-electron chi connectivity index (χ3n) is 8.36. The highest BCUT2D eigenvalue weighted by Gasteiger charge is 2.24. The van der Waals surface area contributed by atoms with Crippen molar-refractivity contribution in [2.45, 2.75) is 78.7 Å². The second kappa shape index (κ2) is 15.5. The van der Waals surface area contributed by atoms with Crippen LogP contribution in [0.2, 0.25) is 0 Å². The first-order valence-electron chi connectivity index (χ1n) is 16.6. The van der Waals surface area contributed by atoms with Gasteiger partial charge < -0.3 is 15.0 Å². The Labute approximate surface area is 277 Å². The number of nitrogens with zero attached hydrogens (tertiary/aromatic N) is 3. The predicted molar refractivity (Wildman–Crippen MR) is 191 cm³/mol. The molecule has 0 spiro atoms. The molecular weight excluding hydrogens is 586 g/mol. The number of ether oxygens (including phenoxy) is 1. The fourth-order valence-corrected chi connectivity index (χ4v) is 5.75. The van der Waals surface area contributed by atoms with Gasteiger partial charge in [0.05, 0.1) is 0 Å². The summed E-state index contributed by atoms with van der Waals surface area (Å²) in [6.07, 6.45) is 9.08. The van der Waals surface area contributed by atoms with Gasteiger partial charge in [-0.3, -0.25) is 14.7 Å². The number of aromatic amines is 1. The Hall–Kier alpha value is -4.98. The van der Waals surface area contributed by atoms with Crippen LogP contribution in [0.4, 0.5) is 16.2 Å². The Morgan fingerprint density at radius 2 is 1.62 bits per heavy atom. The summed E-state index contributed by atoms with van der Waals surface area (Å²) >= 11 is 0. The number of benzene rings is 2. The number of pyridine rings is 3. The average Bonchev–Trinajstić information content (AvgIpc) is 3.07. The molecule has 0 atom stereocenters. The first-order chi connectivity index (χ1) is 22.7. The minimum Gasteiger partial charge on any atom is -0.489 e. The van der Waals surface area contributed by atoms with Crippen molar-refractivity contribution in [3.8, 4) is 16.9 Å². The van der Waals surface area contributed by atoms with E-state index in [1.807, 2.05) is 36.4 Å². The van der Waals surface area contributed by atoms with E-state index >= 15 is 0 Å². The van der Waals surface area contributed by atoms with E-state index in [1.54, 1.807) is 29.6 Å². The molecule has 5 rings (SSSR count). The van der Waals surface area contributed by atoms with E-state index < -0.39 is 0 Å². The highest BCUT2D eigenvalue weighted by molar-refractivity contribution is 6.03. The van der Waals surface area contributed by atoms with Crippen molar-refractivity contribution in [1.29, 1.82) is 0 Å². The molecule has 0 fully saturated rings. The Bertz CT molecular complexity index is 1840. The number of H-pyrrole nitrogens is 1. The van der Waals surface area contributed by atoms with Gasteiger partial charge in [-0.1, -0.05) is 66.0 Å². The molecule has 0 radical (unpaired) electrons. The number of anilines is 2. The molecule has 0 saturated heterocycles. The third-order valence-corrected chi connectivity index (χ3v) is 8.36. The number of aromatic nitrogens is 3. The van der Waals surface area contributed by atoms with Crippen LogP contribution in [0, 0.1) is 0 Å². The monoisotopic (exact) mass is 631 g/mol. The van der Waals surface area contributed by atoms with Crippen molar-refractivity contribution in [3.63, 3.8) is 0 Å². The van der Waals surface area contributed by atoms with Crippen molar-refractivity contribution < 1.29 is 9.53 Å². The standard InChI is InChI=1S/C39H45N5O3/c1-6-7-8-9-20-44(35-24-30-13-11-17-41-37(30)43-38(35)45)39(46)42-36-33(26(2)3)22-31(23-34(36)27(4)5)29-12-10-14-32(21-29)47-25-28-15-18-40-19-16-28/h10-19,21-24,26-27H,6-9,20,25H2,1-5H3,(H,42,46)(H,41,43,45).